The molecule has 3 rings (SSSR count). The zero-order valence-electron chi connectivity index (χ0n) is 16.8. The van der Waals surface area contributed by atoms with Crippen molar-refractivity contribution in [2.24, 2.45) is 5.73 Å². The first-order chi connectivity index (χ1) is 13.9. The van der Waals surface area contributed by atoms with Crippen LogP contribution in [0.4, 0.5) is 4.79 Å². The van der Waals surface area contributed by atoms with E-state index in [1.807, 2.05) is 13.0 Å². The third-order valence-corrected chi connectivity index (χ3v) is 6.36. The summed E-state index contributed by atoms with van der Waals surface area (Å²) in [5, 5.41) is 8.50. The fourth-order valence-corrected chi connectivity index (χ4v) is 4.79. The number of primary amides is 1. The monoisotopic (exact) mass is 421 g/mol. The molecule has 0 spiro atoms. The van der Waals surface area contributed by atoms with Crippen molar-refractivity contribution in [3.63, 3.8) is 0 Å². The number of methoxy groups -OCH3 is 1. The van der Waals surface area contributed by atoms with E-state index in [9.17, 15) is 14.4 Å². The average molecular weight is 422 g/mol. The van der Waals surface area contributed by atoms with Crippen LogP contribution in [0.1, 0.15) is 53.5 Å². The molecular weight excluding hydrogens is 394 g/mol. The van der Waals surface area contributed by atoms with Crippen molar-refractivity contribution in [3.8, 4) is 0 Å². The second-order valence-electron chi connectivity index (χ2n) is 7.24. The van der Waals surface area contributed by atoms with Gasteiger partial charge in [-0.05, 0) is 25.8 Å². The van der Waals surface area contributed by atoms with Crippen LogP contribution in [0.2, 0.25) is 0 Å². The molecule has 2 heterocycles. The Labute approximate surface area is 173 Å². The minimum Gasteiger partial charge on any atom is -0.468 e. The summed E-state index contributed by atoms with van der Waals surface area (Å²) in [6.07, 6.45) is 5.95. The van der Waals surface area contributed by atoms with Gasteiger partial charge in [-0.15, -0.1) is 11.3 Å². The van der Waals surface area contributed by atoms with Gasteiger partial charge in [-0.3, -0.25) is 14.3 Å². The molecule has 0 radical (unpaired) electrons. The quantitative estimate of drug-likeness (QED) is 0.664. The van der Waals surface area contributed by atoms with Gasteiger partial charge in [0, 0.05) is 18.5 Å². The molecule has 10 heteroatoms. The van der Waals surface area contributed by atoms with Gasteiger partial charge in [0.05, 0.1) is 23.7 Å². The molecule has 0 atom stereocenters. The summed E-state index contributed by atoms with van der Waals surface area (Å²) in [5.41, 5.74) is 6.20. The van der Waals surface area contributed by atoms with E-state index < -0.39 is 12.0 Å². The fourth-order valence-electron chi connectivity index (χ4n) is 3.64. The molecular formula is C19H27N5O4S. The van der Waals surface area contributed by atoms with Crippen molar-refractivity contribution in [1.82, 2.24) is 20.0 Å². The minimum atomic E-state index is -0.741. The van der Waals surface area contributed by atoms with Crippen LogP contribution in [-0.2, 0) is 9.53 Å². The first-order valence-electron chi connectivity index (χ1n) is 9.78. The van der Waals surface area contributed by atoms with Crippen LogP contribution in [0, 0.1) is 6.92 Å². The Bertz CT molecular complexity index is 900. The Morgan fingerprint density at radius 3 is 2.72 bits per heavy atom. The molecule has 1 saturated carbocycles. The molecule has 1 aliphatic rings. The van der Waals surface area contributed by atoms with Crippen molar-refractivity contribution in [1.29, 1.82) is 0 Å². The van der Waals surface area contributed by atoms with Gasteiger partial charge in [0.2, 0.25) is 0 Å². The molecule has 158 valence electrons. The molecule has 3 N–H and O–H groups in total. The number of carbonyl (C=O) groups excluding carboxylic acids is 3. The zero-order valence-corrected chi connectivity index (χ0v) is 17.6. The van der Waals surface area contributed by atoms with Crippen molar-refractivity contribution < 1.29 is 19.1 Å². The van der Waals surface area contributed by atoms with E-state index in [4.69, 9.17) is 10.8 Å². The first kappa shape index (κ1) is 21.1. The van der Waals surface area contributed by atoms with Gasteiger partial charge in [0.1, 0.15) is 11.4 Å². The van der Waals surface area contributed by atoms with E-state index in [1.165, 1.54) is 37.7 Å². The molecule has 0 aromatic carbocycles. The van der Waals surface area contributed by atoms with Crippen molar-refractivity contribution >= 4 is 39.5 Å². The van der Waals surface area contributed by atoms with E-state index in [-0.39, 0.29) is 25.5 Å². The third-order valence-electron chi connectivity index (χ3n) is 5.24. The van der Waals surface area contributed by atoms with E-state index in [1.54, 1.807) is 0 Å². The predicted octanol–water partition coefficient (Wildman–Crippen LogP) is 2.19. The lowest BCUT2D eigenvalue weighted by molar-refractivity contribution is -0.141. The summed E-state index contributed by atoms with van der Waals surface area (Å²) in [7, 11) is 1.24. The summed E-state index contributed by atoms with van der Waals surface area (Å²) < 4.78 is 6.64. The number of aryl methyl sites for hydroxylation is 1. The lowest BCUT2D eigenvalue weighted by Crippen LogP contribution is -2.44. The summed E-state index contributed by atoms with van der Waals surface area (Å²) in [4.78, 5) is 38.1. The van der Waals surface area contributed by atoms with Gasteiger partial charge in [0.25, 0.3) is 5.91 Å². The third kappa shape index (κ3) is 4.87. The largest absolute Gasteiger partial charge is 0.468 e. The van der Waals surface area contributed by atoms with E-state index in [2.05, 4.69) is 14.7 Å². The molecule has 3 amide bonds. The Balaban J connectivity index is 1.65. The van der Waals surface area contributed by atoms with Crippen LogP contribution >= 0.6 is 11.3 Å². The number of urea groups is 1. The van der Waals surface area contributed by atoms with Gasteiger partial charge < -0.3 is 20.7 Å². The number of nitrogens with two attached hydrogens (primary N) is 1. The summed E-state index contributed by atoms with van der Waals surface area (Å²) >= 11 is 1.43. The second-order valence-corrected chi connectivity index (χ2v) is 8.27. The van der Waals surface area contributed by atoms with Crippen molar-refractivity contribution in [2.75, 3.05) is 26.7 Å². The van der Waals surface area contributed by atoms with Crippen molar-refractivity contribution in [2.45, 2.75) is 45.1 Å². The van der Waals surface area contributed by atoms with E-state index >= 15 is 0 Å². The van der Waals surface area contributed by atoms with Gasteiger partial charge in [-0.1, -0.05) is 19.3 Å². The molecule has 0 saturated heterocycles. The highest BCUT2D eigenvalue weighted by Crippen LogP contribution is 2.35. The number of hydrogen-bond donors (Lipinski definition) is 2. The molecule has 9 nitrogen and oxygen atoms in total. The maximum atomic E-state index is 12.6. The number of amides is 3. The molecule has 0 aliphatic heterocycles. The highest BCUT2D eigenvalue weighted by molar-refractivity contribution is 7.20. The molecule has 0 unspecified atom stereocenters. The number of carbonyl (C=O) groups is 3. The van der Waals surface area contributed by atoms with Gasteiger partial charge >= 0.3 is 12.0 Å². The Hall–Kier alpha value is -2.62. The number of aromatic nitrogens is 2. The Kier molecular flexibility index (Phi) is 6.73. The number of nitrogens with zero attached hydrogens (tertiary/aromatic N) is 3. The Morgan fingerprint density at radius 1 is 1.34 bits per heavy atom. The number of hydrogen-bond acceptors (Lipinski definition) is 6. The van der Waals surface area contributed by atoms with E-state index in [0.717, 1.165) is 33.7 Å². The highest BCUT2D eigenvalue weighted by Gasteiger charge is 2.23. The second kappa shape index (κ2) is 9.25. The number of ether oxygens (including phenoxy) is 1. The van der Waals surface area contributed by atoms with Crippen LogP contribution in [0.5, 0.6) is 0 Å². The maximum Gasteiger partial charge on any atom is 0.325 e. The first-order valence-corrected chi connectivity index (χ1v) is 10.6. The lowest BCUT2D eigenvalue weighted by Gasteiger charge is -2.22. The van der Waals surface area contributed by atoms with Crippen LogP contribution in [0.3, 0.4) is 0 Å². The average Bonchev–Trinajstić information content (AvgIpc) is 3.28. The lowest BCUT2D eigenvalue weighted by atomic mass is 9.96. The van der Waals surface area contributed by atoms with Gasteiger partial charge in [0.15, 0.2) is 0 Å². The normalized spacial score (nSPS) is 14.7. The topological polar surface area (TPSA) is 120 Å². The fraction of sp³-hybridized carbons (Fsp3) is 0.579. The standard InChI is InChI=1S/C19H27N5O4S/c1-12-14-10-15(29-18(14)24(22-12)13-6-4-3-5-7-13)17(26)21-8-9-23(19(20)27)11-16(25)28-2/h10,13H,3-9,11H2,1-2H3,(H2,20,27)(H,21,26). The van der Waals surface area contributed by atoms with Gasteiger partial charge in [-0.2, -0.15) is 5.10 Å². The van der Waals surface area contributed by atoms with Crippen molar-refractivity contribution in [3.05, 3.63) is 16.6 Å². The molecule has 1 aliphatic carbocycles. The summed E-state index contributed by atoms with van der Waals surface area (Å²) in [6, 6.07) is 1.53. The summed E-state index contributed by atoms with van der Waals surface area (Å²) in [5.74, 6) is -0.786. The van der Waals surface area contributed by atoms with Crippen LogP contribution in [-0.4, -0.2) is 59.3 Å². The van der Waals surface area contributed by atoms with Crippen LogP contribution in [0.15, 0.2) is 6.07 Å². The van der Waals surface area contributed by atoms with Crippen LogP contribution < -0.4 is 11.1 Å². The Morgan fingerprint density at radius 2 is 2.07 bits per heavy atom. The number of fused-ring (bicyclic) bond motifs is 1. The van der Waals surface area contributed by atoms with E-state index in [0.29, 0.717) is 10.9 Å². The molecule has 29 heavy (non-hydrogen) atoms. The molecule has 0 bridgehead atoms. The predicted molar refractivity (Wildman–Crippen MR) is 110 cm³/mol. The highest BCUT2D eigenvalue weighted by atomic mass is 32.1. The molecule has 2 aromatic heterocycles. The zero-order chi connectivity index (χ0) is 21.0. The molecule has 1 fully saturated rings. The number of nitrogens with one attached hydrogen (secondary N) is 1. The SMILES string of the molecule is COC(=O)CN(CCNC(=O)c1cc2c(C)nn(C3CCCCC3)c2s1)C(N)=O. The maximum absolute atomic E-state index is 12.6. The summed E-state index contributed by atoms with van der Waals surface area (Å²) in [6.45, 7) is 2.02. The van der Waals surface area contributed by atoms with Gasteiger partial charge in [-0.25, -0.2) is 4.79 Å². The minimum absolute atomic E-state index is 0.121. The number of esters is 1. The smallest absolute Gasteiger partial charge is 0.325 e. The number of rotatable bonds is 7. The van der Waals surface area contributed by atoms with Crippen LogP contribution in [0.25, 0.3) is 10.2 Å². The number of thiophene rings is 1. The molecule has 2 aromatic rings.